The Kier molecular flexibility index (Phi) is 7.69. The zero-order chi connectivity index (χ0) is 22.7. The molecule has 2 N–H and O–H groups in total. The molecule has 0 aromatic heterocycles. The molecule has 1 aliphatic heterocycles. The van der Waals surface area contributed by atoms with Crippen LogP contribution in [0.15, 0.2) is 46.1 Å². The van der Waals surface area contributed by atoms with E-state index in [1.807, 2.05) is 0 Å². The first-order valence-electron chi connectivity index (χ1n) is 9.06. The van der Waals surface area contributed by atoms with Gasteiger partial charge in [-0.05, 0) is 49.0 Å². The van der Waals surface area contributed by atoms with E-state index in [2.05, 4.69) is 26.6 Å². The molecule has 0 radical (unpaired) electrons. The number of rotatable bonds is 6. The van der Waals surface area contributed by atoms with Gasteiger partial charge >= 0.3 is 5.97 Å². The highest BCUT2D eigenvalue weighted by molar-refractivity contribution is 9.10. The van der Waals surface area contributed by atoms with E-state index < -0.39 is 12.0 Å². The molecule has 31 heavy (non-hydrogen) atoms. The molecule has 1 aliphatic rings. The molecule has 2 aromatic rings. The predicted molar refractivity (Wildman–Crippen MR) is 128 cm³/mol. The molecular weight excluding hydrogens is 527 g/mol. The minimum atomic E-state index is -0.538. The molecule has 0 amide bonds. The number of nitrogens with one attached hydrogen (secondary N) is 2. The summed E-state index contributed by atoms with van der Waals surface area (Å²) in [6.07, 6.45) is 0. The fraction of sp³-hybridized carbons (Fsp3) is 0.238. The van der Waals surface area contributed by atoms with Crippen molar-refractivity contribution in [2.75, 3.05) is 14.2 Å². The third kappa shape index (κ3) is 5.26. The second-order valence-corrected chi connectivity index (χ2v) is 8.72. The van der Waals surface area contributed by atoms with Crippen LogP contribution in [0.25, 0.3) is 0 Å². The summed E-state index contributed by atoms with van der Waals surface area (Å²) in [7, 11) is 2.87. The third-order valence-corrected chi connectivity index (χ3v) is 6.16. The zero-order valence-corrected chi connectivity index (χ0v) is 20.8. The fourth-order valence-corrected chi connectivity index (χ4v) is 4.43. The monoisotopic (exact) mass is 544 g/mol. The number of allylic oxidation sites excluding steroid dienone is 1. The lowest BCUT2D eigenvalue weighted by Gasteiger charge is -2.30. The van der Waals surface area contributed by atoms with E-state index >= 15 is 0 Å². The number of esters is 1. The van der Waals surface area contributed by atoms with Gasteiger partial charge in [0.2, 0.25) is 0 Å². The molecule has 1 atom stereocenters. The van der Waals surface area contributed by atoms with Crippen LogP contribution in [0.2, 0.25) is 10.0 Å². The van der Waals surface area contributed by atoms with Crippen molar-refractivity contribution in [2.45, 2.75) is 19.6 Å². The van der Waals surface area contributed by atoms with Crippen molar-refractivity contribution in [3.63, 3.8) is 0 Å². The highest BCUT2D eigenvalue weighted by atomic mass is 79.9. The summed E-state index contributed by atoms with van der Waals surface area (Å²) in [6, 6.07) is 8.23. The minimum absolute atomic E-state index is 0.222. The van der Waals surface area contributed by atoms with Gasteiger partial charge in [0.05, 0.1) is 25.8 Å². The van der Waals surface area contributed by atoms with Crippen molar-refractivity contribution in [3.8, 4) is 11.5 Å². The summed E-state index contributed by atoms with van der Waals surface area (Å²) in [5, 5.41) is 7.54. The van der Waals surface area contributed by atoms with Gasteiger partial charge < -0.3 is 24.8 Å². The minimum Gasteiger partial charge on any atom is -0.493 e. The van der Waals surface area contributed by atoms with Crippen LogP contribution in [0.1, 0.15) is 24.1 Å². The van der Waals surface area contributed by atoms with Crippen molar-refractivity contribution in [3.05, 3.63) is 67.2 Å². The molecule has 2 aromatic carbocycles. The average molecular weight is 546 g/mol. The molecule has 0 saturated carbocycles. The fourth-order valence-electron chi connectivity index (χ4n) is 3.15. The Bertz CT molecular complexity index is 1080. The van der Waals surface area contributed by atoms with Gasteiger partial charge in [-0.2, -0.15) is 0 Å². The van der Waals surface area contributed by atoms with Crippen molar-refractivity contribution < 1.29 is 19.0 Å². The highest BCUT2D eigenvalue weighted by Gasteiger charge is 2.32. The first kappa shape index (κ1) is 23.7. The topological polar surface area (TPSA) is 68.8 Å². The standard InChI is InChI=1S/C21H19BrCl2N2O4S/c1-10-18(20(27)29-3)19(26-21(31)25-10)13-7-16(28-2)17(8-14(13)22)30-9-11-4-5-12(23)6-15(11)24/h4-8,19H,9H2,1-3H3,(H2,25,26,31)/t19-/m0/s1. The van der Waals surface area contributed by atoms with Crippen molar-refractivity contribution in [2.24, 2.45) is 0 Å². The Hall–Kier alpha value is -2.00. The van der Waals surface area contributed by atoms with Gasteiger partial charge in [0.15, 0.2) is 16.6 Å². The summed E-state index contributed by atoms with van der Waals surface area (Å²) >= 11 is 21.0. The van der Waals surface area contributed by atoms with E-state index in [9.17, 15) is 4.79 Å². The van der Waals surface area contributed by atoms with Gasteiger partial charge in [0.25, 0.3) is 0 Å². The summed E-state index contributed by atoms with van der Waals surface area (Å²) in [5.41, 5.74) is 2.55. The molecular formula is C21H19BrCl2N2O4S. The largest absolute Gasteiger partial charge is 0.493 e. The van der Waals surface area contributed by atoms with Crippen LogP contribution in [0.5, 0.6) is 11.5 Å². The molecule has 0 saturated heterocycles. The van der Waals surface area contributed by atoms with E-state index in [0.29, 0.717) is 42.4 Å². The lowest BCUT2D eigenvalue weighted by molar-refractivity contribution is -0.136. The molecule has 0 fully saturated rings. The SMILES string of the molecule is COC(=O)C1=C(C)NC(=S)N[C@H]1c1cc(OC)c(OCc2ccc(Cl)cc2Cl)cc1Br. The van der Waals surface area contributed by atoms with Gasteiger partial charge in [-0.3, -0.25) is 0 Å². The number of thiocarbonyl (C=S) groups is 1. The van der Waals surface area contributed by atoms with Crippen LogP contribution in [0.4, 0.5) is 0 Å². The van der Waals surface area contributed by atoms with Gasteiger partial charge in [0, 0.05) is 25.8 Å². The van der Waals surface area contributed by atoms with E-state index in [0.717, 1.165) is 11.1 Å². The molecule has 0 aliphatic carbocycles. The Balaban J connectivity index is 1.95. The summed E-state index contributed by atoms with van der Waals surface area (Å²) in [6.45, 7) is 1.99. The Labute approximate surface area is 204 Å². The number of methoxy groups -OCH3 is 2. The molecule has 3 rings (SSSR count). The molecule has 6 nitrogen and oxygen atoms in total. The van der Waals surface area contributed by atoms with Gasteiger partial charge in [-0.25, -0.2) is 4.79 Å². The number of carbonyl (C=O) groups excluding carboxylic acids is 1. The maximum absolute atomic E-state index is 12.4. The van der Waals surface area contributed by atoms with Crippen LogP contribution >= 0.6 is 51.3 Å². The second kappa shape index (κ2) is 10.1. The lowest BCUT2D eigenvalue weighted by atomic mass is 9.95. The first-order valence-corrected chi connectivity index (χ1v) is 11.0. The number of benzene rings is 2. The highest BCUT2D eigenvalue weighted by Crippen LogP contribution is 2.40. The van der Waals surface area contributed by atoms with Crippen LogP contribution in [-0.2, 0) is 16.1 Å². The van der Waals surface area contributed by atoms with Crippen molar-refractivity contribution >= 4 is 62.4 Å². The van der Waals surface area contributed by atoms with Crippen molar-refractivity contribution in [1.82, 2.24) is 10.6 Å². The average Bonchev–Trinajstić information content (AvgIpc) is 2.72. The summed E-state index contributed by atoms with van der Waals surface area (Å²) in [5.74, 6) is 0.519. The van der Waals surface area contributed by atoms with Gasteiger partial charge in [-0.15, -0.1) is 0 Å². The number of hydrogen-bond acceptors (Lipinski definition) is 5. The molecule has 1 heterocycles. The summed E-state index contributed by atoms with van der Waals surface area (Å²) in [4.78, 5) is 12.4. The van der Waals surface area contributed by atoms with E-state index in [1.165, 1.54) is 14.2 Å². The Morgan fingerprint density at radius 2 is 1.94 bits per heavy atom. The zero-order valence-electron chi connectivity index (χ0n) is 16.8. The number of halogens is 3. The normalized spacial score (nSPS) is 15.8. The second-order valence-electron chi connectivity index (χ2n) is 6.61. The number of carbonyl (C=O) groups is 1. The van der Waals surface area contributed by atoms with E-state index in [1.54, 1.807) is 37.3 Å². The summed E-state index contributed by atoms with van der Waals surface area (Å²) < 4.78 is 17.1. The van der Waals surface area contributed by atoms with Crippen LogP contribution in [0, 0.1) is 0 Å². The predicted octanol–water partition coefficient (Wildman–Crippen LogP) is 5.31. The molecule has 10 heteroatoms. The van der Waals surface area contributed by atoms with Crippen LogP contribution < -0.4 is 20.1 Å². The quantitative estimate of drug-likeness (QED) is 0.376. The first-order chi connectivity index (χ1) is 14.7. The lowest BCUT2D eigenvalue weighted by Crippen LogP contribution is -2.45. The van der Waals surface area contributed by atoms with E-state index in [4.69, 9.17) is 49.6 Å². The van der Waals surface area contributed by atoms with Crippen LogP contribution in [0.3, 0.4) is 0 Å². The van der Waals surface area contributed by atoms with E-state index in [-0.39, 0.29) is 6.61 Å². The Morgan fingerprint density at radius 1 is 1.19 bits per heavy atom. The van der Waals surface area contributed by atoms with Crippen molar-refractivity contribution in [1.29, 1.82) is 0 Å². The maximum atomic E-state index is 12.4. The number of hydrogen-bond donors (Lipinski definition) is 2. The molecule has 0 bridgehead atoms. The third-order valence-electron chi connectivity index (χ3n) is 4.67. The number of ether oxygens (including phenoxy) is 3. The van der Waals surface area contributed by atoms with Crippen LogP contribution in [-0.4, -0.2) is 25.3 Å². The Morgan fingerprint density at radius 3 is 2.58 bits per heavy atom. The smallest absolute Gasteiger partial charge is 0.337 e. The molecule has 0 unspecified atom stereocenters. The molecule has 164 valence electrons. The van der Waals surface area contributed by atoms with Gasteiger partial charge in [0.1, 0.15) is 6.61 Å². The maximum Gasteiger partial charge on any atom is 0.337 e. The van der Waals surface area contributed by atoms with Gasteiger partial charge in [-0.1, -0.05) is 45.2 Å². The molecule has 0 spiro atoms.